The van der Waals surface area contributed by atoms with Crippen LogP contribution in [0.4, 0.5) is 0 Å². The molecule has 2 saturated heterocycles. The molecule has 0 aliphatic carbocycles. The smallest absolute Gasteiger partial charge is 0.0590 e. The molecule has 2 rings (SSSR count). The van der Waals surface area contributed by atoms with Crippen LogP contribution in [0.5, 0.6) is 0 Å². The molecule has 106 valence electrons. The number of hydrogen-bond acceptors (Lipinski definition) is 3. The molecule has 3 nitrogen and oxygen atoms in total. The lowest BCUT2D eigenvalue weighted by Crippen LogP contribution is -2.55. The fraction of sp³-hybridized carbons (Fsp3) is 1.00. The highest BCUT2D eigenvalue weighted by molar-refractivity contribution is 4.90. The van der Waals surface area contributed by atoms with E-state index in [4.69, 9.17) is 10.5 Å². The molecule has 0 aromatic rings. The van der Waals surface area contributed by atoms with Gasteiger partial charge in [-0.2, -0.15) is 0 Å². The van der Waals surface area contributed by atoms with Gasteiger partial charge in [-0.1, -0.05) is 19.8 Å². The third-order valence-electron chi connectivity index (χ3n) is 4.73. The van der Waals surface area contributed by atoms with E-state index < -0.39 is 0 Å². The average Bonchev–Trinajstić information content (AvgIpc) is 2.39. The lowest BCUT2D eigenvalue weighted by molar-refractivity contribution is -0.0584. The third kappa shape index (κ3) is 3.25. The van der Waals surface area contributed by atoms with Gasteiger partial charge in [-0.15, -0.1) is 0 Å². The quantitative estimate of drug-likeness (QED) is 0.838. The van der Waals surface area contributed by atoms with Crippen molar-refractivity contribution in [2.45, 2.75) is 83.0 Å². The molecule has 0 radical (unpaired) electrons. The minimum Gasteiger partial charge on any atom is -0.378 e. The van der Waals surface area contributed by atoms with Gasteiger partial charge >= 0.3 is 0 Å². The number of nitrogens with two attached hydrogens (primary N) is 1. The molecule has 4 atom stereocenters. The molecule has 0 saturated carbocycles. The van der Waals surface area contributed by atoms with E-state index in [1.165, 1.54) is 44.9 Å². The summed E-state index contributed by atoms with van der Waals surface area (Å²) in [6.07, 6.45) is 9.32. The summed E-state index contributed by atoms with van der Waals surface area (Å²) in [5, 5.41) is 0. The summed E-state index contributed by atoms with van der Waals surface area (Å²) in [4.78, 5) is 2.73. The molecule has 2 aliphatic heterocycles. The number of rotatable bonds is 4. The first-order valence-electron chi connectivity index (χ1n) is 7.85. The number of piperidine rings is 1. The zero-order valence-electron chi connectivity index (χ0n) is 12.1. The van der Waals surface area contributed by atoms with Crippen LogP contribution in [0.3, 0.4) is 0 Å². The molecule has 0 aromatic carbocycles. The largest absolute Gasteiger partial charge is 0.378 e. The van der Waals surface area contributed by atoms with Crippen molar-refractivity contribution in [3.05, 3.63) is 0 Å². The minimum absolute atomic E-state index is 0.487. The minimum atomic E-state index is 0.487. The zero-order valence-corrected chi connectivity index (χ0v) is 12.1. The van der Waals surface area contributed by atoms with Crippen LogP contribution >= 0.6 is 0 Å². The zero-order chi connectivity index (χ0) is 13.0. The molecular weight excluding hydrogens is 224 g/mol. The monoisotopic (exact) mass is 254 g/mol. The first kappa shape index (κ1) is 14.3. The molecule has 0 aromatic heterocycles. The molecule has 0 amide bonds. The van der Waals surface area contributed by atoms with Crippen LogP contribution in [0.25, 0.3) is 0 Å². The molecule has 2 aliphatic rings. The second-order valence-electron chi connectivity index (χ2n) is 6.08. The Hall–Kier alpha value is -0.120. The Kier molecular flexibility index (Phi) is 5.46. The lowest BCUT2D eigenvalue weighted by atomic mass is 9.90. The van der Waals surface area contributed by atoms with Crippen molar-refractivity contribution in [1.82, 2.24) is 4.90 Å². The lowest BCUT2D eigenvalue weighted by Gasteiger charge is -2.47. The maximum Gasteiger partial charge on any atom is 0.0590 e. The van der Waals surface area contributed by atoms with Crippen LogP contribution in [0.1, 0.15) is 58.8 Å². The van der Waals surface area contributed by atoms with Crippen LogP contribution in [-0.2, 0) is 4.74 Å². The molecule has 0 spiro atoms. The van der Waals surface area contributed by atoms with Crippen molar-refractivity contribution in [3.8, 4) is 0 Å². The van der Waals surface area contributed by atoms with Gasteiger partial charge in [0.15, 0.2) is 0 Å². The third-order valence-corrected chi connectivity index (χ3v) is 4.73. The second-order valence-corrected chi connectivity index (χ2v) is 6.08. The van der Waals surface area contributed by atoms with E-state index in [0.717, 1.165) is 13.2 Å². The molecule has 18 heavy (non-hydrogen) atoms. The summed E-state index contributed by atoms with van der Waals surface area (Å²) in [7, 11) is 0. The standard InChI is InChI=1S/C15H30N2O/c1-3-5-15-10-13(8-9-18-15)17-12(2)6-4-7-14(17)11-16/h12-15H,3-11,16H2,1-2H3. The van der Waals surface area contributed by atoms with Gasteiger partial charge in [0.1, 0.15) is 0 Å². The van der Waals surface area contributed by atoms with Crippen molar-refractivity contribution in [2.24, 2.45) is 5.73 Å². The Labute approximate surface area is 112 Å². The van der Waals surface area contributed by atoms with Crippen LogP contribution in [-0.4, -0.2) is 42.3 Å². The summed E-state index contributed by atoms with van der Waals surface area (Å²) in [5.74, 6) is 0. The van der Waals surface area contributed by atoms with Crippen LogP contribution in [0, 0.1) is 0 Å². The van der Waals surface area contributed by atoms with Gasteiger partial charge < -0.3 is 10.5 Å². The topological polar surface area (TPSA) is 38.5 Å². The maximum atomic E-state index is 5.98. The van der Waals surface area contributed by atoms with Gasteiger partial charge in [0.25, 0.3) is 0 Å². The Morgan fingerprint density at radius 3 is 2.83 bits per heavy atom. The van der Waals surface area contributed by atoms with E-state index in [2.05, 4.69) is 18.7 Å². The van der Waals surface area contributed by atoms with Crippen LogP contribution in [0.15, 0.2) is 0 Å². The van der Waals surface area contributed by atoms with E-state index in [1.54, 1.807) is 0 Å². The first-order chi connectivity index (χ1) is 8.76. The summed E-state index contributed by atoms with van der Waals surface area (Å²) in [6.45, 7) is 6.39. The first-order valence-corrected chi connectivity index (χ1v) is 7.85. The molecule has 3 heteroatoms. The fourth-order valence-electron chi connectivity index (χ4n) is 3.86. The fourth-order valence-corrected chi connectivity index (χ4v) is 3.86. The van der Waals surface area contributed by atoms with E-state index >= 15 is 0 Å². The number of hydrogen-bond donors (Lipinski definition) is 1. The van der Waals surface area contributed by atoms with Crippen molar-refractivity contribution in [3.63, 3.8) is 0 Å². The normalized spacial score (nSPS) is 38.8. The van der Waals surface area contributed by atoms with E-state index in [0.29, 0.717) is 24.2 Å². The van der Waals surface area contributed by atoms with E-state index in [9.17, 15) is 0 Å². The van der Waals surface area contributed by atoms with Crippen LogP contribution < -0.4 is 5.73 Å². The Balaban J connectivity index is 1.98. The van der Waals surface area contributed by atoms with Gasteiger partial charge in [-0.3, -0.25) is 4.90 Å². The number of nitrogens with zero attached hydrogens (tertiary/aromatic N) is 1. The highest BCUT2D eigenvalue weighted by atomic mass is 16.5. The average molecular weight is 254 g/mol. The summed E-state index contributed by atoms with van der Waals surface area (Å²) < 4.78 is 5.89. The Morgan fingerprint density at radius 2 is 2.11 bits per heavy atom. The summed E-state index contributed by atoms with van der Waals surface area (Å²) in [5.41, 5.74) is 5.98. The van der Waals surface area contributed by atoms with Gasteiger partial charge in [-0.05, 0) is 39.0 Å². The van der Waals surface area contributed by atoms with Gasteiger partial charge in [0, 0.05) is 31.3 Å². The predicted octanol–water partition coefficient (Wildman–Crippen LogP) is 2.54. The van der Waals surface area contributed by atoms with Gasteiger partial charge in [0.05, 0.1) is 6.10 Å². The Morgan fingerprint density at radius 1 is 1.28 bits per heavy atom. The molecule has 2 fully saturated rings. The summed E-state index contributed by atoms with van der Waals surface area (Å²) in [6, 6.07) is 2.02. The van der Waals surface area contributed by atoms with Crippen molar-refractivity contribution < 1.29 is 4.74 Å². The van der Waals surface area contributed by atoms with E-state index in [1.807, 2.05) is 0 Å². The Bertz CT molecular complexity index is 245. The molecule has 4 unspecified atom stereocenters. The highest BCUT2D eigenvalue weighted by Gasteiger charge is 2.35. The predicted molar refractivity (Wildman–Crippen MR) is 75.7 cm³/mol. The van der Waals surface area contributed by atoms with Crippen molar-refractivity contribution in [1.29, 1.82) is 0 Å². The molecule has 2 N–H and O–H groups in total. The number of likely N-dealkylation sites (tertiary alicyclic amines) is 1. The van der Waals surface area contributed by atoms with Gasteiger partial charge in [0.2, 0.25) is 0 Å². The molecule has 2 heterocycles. The summed E-state index contributed by atoms with van der Waals surface area (Å²) >= 11 is 0. The second kappa shape index (κ2) is 6.88. The molecule has 0 bridgehead atoms. The number of ether oxygens (including phenoxy) is 1. The molecular formula is C15H30N2O. The van der Waals surface area contributed by atoms with Gasteiger partial charge in [-0.25, -0.2) is 0 Å². The SMILES string of the molecule is CCCC1CC(N2C(C)CCCC2CN)CCO1. The maximum absolute atomic E-state index is 5.98. The van der Waals surface area contributed by atoms with Crippen molar-refractivity contribution >= 4 is 0 Å². The van der Waals surface area contributed by atoms with Crippen LogP contribution in [0.2, 0.25) is 0 Å². The highest BCUT2D eigenvalue weighted by Crippen LogP contribution is 2.31. The van der Waals surface area contributed by atoms with E-state index in [-0.39, 0.29) is 0 Å². The van der Waals surface area contributed by atoms with Crippen molar-refractivity contribution in [2.75, 3.05) is 13.2 Å².